The average molecular weight is 375 g/mol. The molecule has 27 heavy (non-hydrogen) atoms. The van der Waals surface area contributed by atoms with Crippen molar-refractivity contribution in [2.75, 3.05) is 19.8 Å². The maximum absolute atomic E-state index is 13.0. The Morgan fingerprint density at radius 3 is 2.81 bits per heavy atom. The molecule has 0 saturated carbocycles. The molecule has 0 bridgehead atoms. The van der Waals surface area contributed by atoms with Crippen molar-refractivity contribution >= 4 is 23.8 Å². The second kappa shape index (κ2) is 7.26. The van der Waals surface area contributed by atoms with Crippen molar-refractivity contribution in [2.45, 2.75) is 31.8 Å². The van der Waals surface area contributed by atoms with E-state index in [-0.39, 0.29) is 19.1 Å². The third kappa shape index (κ3) is 3.57. The molecule has 1 aromatic carbocycles. The van der Waals surface area contributed by atoms with Crippen molar-refractivity contribution < 1.29 is 28.7 Å². The van der Waals surface area contributed by atoms with Crippen LogP contribution in [0, 0.1) is 0 Å². The minimum absolute atomic E-state index is 0.0874. The summed E-state index contributed by atoms with van der Waals surface area (Å²) in [5, 5.41) is 5.27. The van der Waals surface area contributed by atoms with Crippen molar-refractivity contribution in [2.24, 2.45) is 0 Å². The summed E-state index contributed by atoms with van der Waals surface area (Å²) in [4.78, 5) is 49.7. The van der Waals surface area contributed by atoms with E-state index in [1.807, 2.05) is 0 Å². The summed E-state index contributed by atoms with van der Waals surface area (Å²) in [6.45, 7) is 2.78. The molecule has 4 amide bonds. The monoisotopic (exact) mass is 375 g/mol. The first-order chi connectivity index (χ1) is 12.8. The number of ether oxygens (including phenoxy) is 2. The molecule has 1 aromatic rings. The van der Waals surface area contributed by atoms with E-state index >= 15 is 0 Å². The van der Waals surface area contributed by atoms with Gasteiger partial charge in [0.2, 0.25) is 0 Å². The van der Waals surface area contributed by atoms with E-state index in [9.17, 15) is 19.2 Å². The van der Waals surface area contributed by atoms with Crippen LogP contribution in [-0.2, 0) is 24.7 Å². The third-order valence-corrected chi connectivity index (χ3v) is 4.36. The number of carbonyl (C=O) groups is 4. The molecule has 2 aliphatic heterocycles. The Kier molecular flexibility index (Phi) is 5.02. The quantitative estimate of drug-likeness (QED) is 0.565. The first-order valence-electron chi connectivity index (χ1n) is 8.65. The summed E-state index contributed by atoms with van der Waals surface area (Å²) in [6.07, 6.45) is 0.261. The number of rotatable bonds is 5. The number of esters is 1. The van der Waals surface area contributed by atoms with Gasteiger partial charge in [0, 0.05) is 18.0 Å². The molecule has 144 valence electrons. The van der Waals surface area contributed by atoms with Crippen molar-refractivity contribution in [3.63, 3.8) is 0 Å². The van der Waals surface area contributed by atoms with Crippen LogP contribution in [0.2, 0.25) is 0 Å². The summed E-state index contributed by atoms with van der Waals surface area (Å²) in [5.41, 5.74) is -0.692. The number of imide groups is 1. The van der Waals surface area contributed by atoms with Gasteiger partial charge in [-0.05, 0) is 19.9 Å². The van der Waals surface area contributed by atoms with Crippen LogP contribution in [0.3, 0.4) is 0 Å². The molecule has 1 saturated heterocycles. The Balaban J connectivity index is 1.69. The molecule has 0 unspecified atom stereocenters. The van der Waals surface area contributed by atoms with Gasteiger partial charge in [-0.1, -0.05) is 18.2 Å². The van der Waals surface area contributed by atoms with Crippen LogP contribution in [0.4, 0.5) is 4.79 Å². The maximum Gasteiger partial charge on any atom is 0.326 e. The number of para-hydroxylation sites is 1. The minimum Gasteiger partial charge on any atom is -0.493 e. The number of nitrogens with one attached hydrogen (secondary N) is 2. The SMILES string of the molecule is CC(C)NC(=O)COC(=O)CN1C(=O)N[C@]2(CCOc3ccccc32)C1=O. The molecule has 9 heteroatoms. The number of carbonyl (C=O) groups excluding carboxylic acids is 4. The molecule has 0 radical (unpaired) electrons. The molecule has 1 atom stereocenters. The highest BCUT2D eigenvalue weighted by Gasteiger charge is 2.55. The van der Waals surface area contributed by atoms with Gasteiger partial charge in [-0.2, -0.15) is 0 Å². The fourth-order valence-corrected chi connectivity index (χ4v) is 3.20. The summed E-state index contributed by atoms with van der Waals surface area (Å²) in [5.74, 6) is -1.31. The summed E-state index contributed by atoms with van der Waals surface area (Å²) >= 11 is 0. The summed E-state index contributed by atoms with van der Waals surface area (Å²) in [6, 6.07) is 6.19. The molecular formula is C18H21N3O6. The molecule has 0 aliphatic carbocycles. The van der Waals surface area contributed by atoms with Gasteiger partial charge in [0.1, 0.15) is 12.3 Å². The lowest BCUT2D eigenvalue weighted by Gasteiger charge is -2.33. The van der Waals surface area contributed by atoms with E-state index in [1.165, 1.54) is 0 Å². The molecule has 2 heterocycles. The van der Waals surface area contributed by atoms with Crippen LogP contribution < -0.4 is 15.4 Å². The molecule has 2 aliphatic rings. The van der Waals surface area contributed by atoms with Crippen molar-refractivity contribution in [3.05, 3.63) is 29.8 Å². The second-order valence-electron chi connectivity index (χ2n) is 6.70. The number of nitrogens with zero attached hydrogens (tertiary/aromatic N) is 1. The lowest BCUT2D eigenvalue weighted by Crippen LogP contribution is -2.47. The first-order valence-corrected chi connectivity index (χ1v) is 8.65. The molecule has 3 rings (SSSR count). The number of benzene rings is 1. The van der Waals surface area contributed by atoms with Crippen LogP contribution in [0.15, 0.2) is 24.3 Å². The predicted molar refractivity (Wildman–Crippen MR) is 92.7 cm³/mol. The maximum atomic E-state index is 13.0. The van der Waals surface area contributed by atoms with Crippen LogP contribution in [0.25, 0.3) is 0 Å². The van der Waals surface area contributed by atoms with Crippen molar-refractivity contribution in [1.82, 2.24) is 15.5 Å². The predicted octanol–water partition coefficient (Wildman–Crippen LogP) is 0.284. The van der Waals surface area contributed by atoms with E-state index in [2.05, 4.69) is 10.6 Å². The number of hydrogen-bond acceptors (Lipinski definition) is 6. The molecular weight excluding hydrogens is 354 g/mol. The topological polar surface area (TPSA) is 114 Å². The highest BCUT2D eigenvalue weighted by molar-refractivity contribution is 6.09. The van der Waals surface area contributed by atoms with Gasteiger partial charge in [0.05, 0.1) is 6.61 Å². The lowest BCUT2D eigenvalue weighted by atomic mass is 9.84. The normalized spacial score (nSPS) is 20.9. The highest BCUT2D eigenvalue weighted by Crippen LogP contribution is 2.40. The summed E-state index contributed by atoms with van der Waals surface area (Å²) < 4.78 is 10.4. The lowest BCUT2D eigenvalue weighted by molar-refractivity contribution is -0.151. The zero-order valence-electron chi connectivity index (χ0n) is 15.1. The number of hydrogen-bond donors (Lipinski definition) is 2. The zero-order chi connectivity index (χ0) is 19.6. The first kappa shape index (κ1) is 18.7. The van der Waals surface area contributed by atoms with E-state index in [0.717, 1.165) is 4.90 Å². The molecule has 1 fully saturated rings. The smallest absolute Gasteiger partial charge is 0.326 e. The number of fused-ring (bicyclic) bond motifs is 2. The third-order valence-electron chi connectivity index (χ3n) is 4.36. The fraction of sp³-hybridized carbons (Fsp3) is 0.444. The summed E-state index contributed by atoms with van der Waals surface area (Å²) in [7, 11) is 0. The Labute approximate surface area is 156 Å². The van der Waals surface area contributed by atoms with E-state index < -0.39 is 42.5 Å². The van der Waals surface area contributed by atoms with Gasteiger partial charge < -0.3 is 20.1 Å². The Bertz CT molecular complexity index is 793. The van der Waals surface area contributed by atoms with Crippen LogP contribution in [-0.4, -0.2) is 54.5 Å². The fourth-order valence-electron chi connectivity index (χ4n) is 3.20. The Morgan fingerprint density at radius 1 is 1.33 bits per heavy atom. The molecule has 1 spiro atoms. The van der Waals surface area contributed by atoms with E-state index in [0.29, 0.717) is 11.3 Å². The zero-order valence-corrected chi connectivity index (χ0v) is 15.1. The van der Waals surface area contributed by atoms with Crippen molar-refractivity contribution in [3.8, 4) is 5.75 Å². The van der Waals surface area contributed by atoms with E-state index in [1.54, 1.807) is 38.1 Å². The van der Waals surface area contributed by atoms with Gasteiger partial charge in [-0.25, -0.2) is 4.79 Å². The number of urea groups is 1. The standard InChI is InChI=1S/C18H21N3O6/c1-11(2)19-14(22)10-27-15(23)9-21-16(24)18(20-17(21)25)7-8-26-13-6-4-3-5-12(13)18/h3-6,11H,7-10H2,1-2H3,(H,19,22)(H,20,25)/t18-/m0/s1. The molecule has 9 nitrogen and oxygen atoms in total. The van der Waals surface area contributed by atoms with Gasteiger partial charge in [0.15, 0.2) is 12.1 Å². The van der Waals surface area contributed by atoms with Gasteiger partial charge >= 0.3 is 12.0 Å². The van der Waals surface area contributed by atoms with Gasteiger partial charge in [-0.3, -0.25) is 19.3 Å². The largest absolute Gasteiger partial charge is 0.493 e. The van der Waals surface area contributed by atoms with Gasteiger partial charge in [0.25, 0.3) is 11.8 Å². The highest BCUT2D eigenvalue weighted by atomic mass is 16.5. The van der Waals surface area contributed by atoms with Crippen LogP contribution in [0.5, 0.6) is 5.75 Å². The van der Waals surface area contributed by atoms with Crippen LogP contribution >= 0.6 is 0 Å². The van der Waals surface area contributed by atoms with Crippen molar-refractivity contribution in [1.29, 1.82) is 0 Å². The Morgan fingerprint density at radius 2 is 2.07 bits per heavy atom. The number of amides is 4. The van der Waals surface area contributed by atoms with Crippen LogP contribution in [0.1, 0.15) is 25.8 Å². The second-order valence-corrected chi connectivity index (χ2v) is 6.70. The average Bonchev–Trinajstić information content (AvgIpc) is 2.85. The molecule has 2 N–H and O–H groups in total. The minimum atomic E-state index is -1.25. The Hall–Kier alpha value is -3.10. The molecule has 0 aromatic heterocycles. The van der Waals surface area contributed by atoms with E-state index in [4.69, 9.17) is 9.47 Å². The van der Waals surface area contributed by atoms with Gasteiger partial charge in [-0.15, -0.1) is 0 Å².